The van der Waals surface area contributed by atoms with E-state index in [-0.39, 0.29) is 0 Å². The third-order valence-electron chi connectivity index (χ3n) is 3.14. The molecule has 0 amide bonds. The number of rotatable bonds is 1. The van der Waals surface area contributed by atoms with E-state index in [9.17, 15) is 10.2 Å². The maximum atomic E-state index is 10.3. The Morgan fingerprint density at radius 3 is 2.17 bits per heavy atom. The van der Waals surface area contributed by atoms with E-state index < -0.39 is 19.4 Å². The molecule has 0 unspecified atom stereocenters. The quantitative estimate of drug-likeness (QED) is 0.613. The van der Waals surface area contributed by atoms with Crippen molar-refractivity contribution in [1.82, 2.24) is 0 Å². The largest absolute Gasteiger partial charge is 0.391 e. The monoisotopic (exact) mass is 188 g/mol. The molecule has 72 valence electrons. The first-order chi connectivity index (χ1) is 5.38. The topological polar surface area (TPSA) is 40.5 Å². The van der Waals surface area contributed by atoms with E-state index in [1.54, 1.807) is 0 Å². The van der Waals surface area contributed by atoms with Gasteiger partial charge in [0.05, 0.1) is 19.4 Å². The minimum absolute atomic E-state index is 0.474. The first kappa shape index (κ1) is 10.2. The predicted molar refractivity (Wildman–Crippen MR) is 52.8 cm³/mol. The highest BCUT2D eigenvalue weighted by Gasteiger charge is 2.48. The van der Waals surface area contributed by atoms with E-state index in [1.165, 1.54) is 0 Å². The second-order valence-electron chi connectivity index (χ2n) is 4.94. The molecular formula is C9H20O2Si. The van der Waals surface area contributed by atoms with Gasteiger partial charge in [-0.1, -0.05) is 32.5 Å². The minimum atomic E-state index is -1.64. The Morgan fingerprint density at radius 1 is 1.25 bits per heavy atom. The molecule has 0 saturated heterocycles. The first-order valence-corrected chi connectivity index (χ1v) is 8.28. The van der Waals surface area contributed by atoms with Crippen LogP contribution in [-0.4, -0.2) is 29.6 Å². The summed E-state index contributed by atoms with van der Waals surface area (Å²) in [6.45, 7) is 6.38. The molecule has 12 heavy (non-hydrogen) atoms. The van der Waals surface area contributed by atoms with E-state index in [4.69, 9.17) is 0 Å². The van der Waals surface area contributed by atoms with Crippen LogP contribution in [-0.2, 0) is 0 Å². The average Bonchev–Trinajstić information content (AvgIpc) is 1.93. The van der Waals surface area contributed by atoms with Crippen molar-refractivity contribution in [2.45, 2.75) is 56.7 Å². The molecule has 0 aliphatic heterocycles. The van der Waals surface area contributed by atoms with Crippen molar-refractivity contribution < 1.29 is 10.2 Å². The fourth-order valence-corrected chi connectivity index (χ4v) is 4.08. The third kappa shape index (κ3) is 1.58. The van der Waals surface area contributed by atoms with E-state index >= 15 is 0 Å². The Hall–Kier alpha value is 0.137. The van der Waals surface area contributed by atoms with Crippen molar-refractivity contribution >= 4 is 8.07 Å². The fourth-order valence-electron chi connectivity index (χ4n) is 2.01. The van der Waals surface area contributed by atoms with Crippen molar-refractivity contribution in [3.63, 3.8) is 0 Å². The lowest BCUT2D eigenvalue weighted by molar-refractivity contribution is -0.0487. The Morgan fingerprint density at radius 2 is 1.83 bits per heavy atom. The van der Waals surface area contributed by atoms with Crippen LogP contribution in [0.25, 0.3) is 0 Å². The molecular weight excluding hydrogens is 168 g/mol. The fraction of sp³-hybridized carbons (Fsp3) is 1.00. The molecule has 0 radical (unpaired) electrons. The lowest BCUT2D eigenvalue weighted by Crippen LogP contribution is -2.61. The highest BCUT2D eigenvalue weighted by atomic mass is 28.3. The van der Waals surface area contributed by atoms with Gasteiger partial charge in [0.15, 0.2) is 0 Å². The lowest BCUT2D eigenvalue weighted by atomic mass is 9.94. The summed E-state index contributed by atoms with van der Waals surface area (Å²) in [4.78, 5) is 0. The zero-order valence-corrected chi connectivity index (χ0v) is 9.30. The highest BCUT2D eigenvalue weighted by molar-refractivity contribution is 6.79. The standard InChI is InChI=1S/C9H20O2Si/c1-12(2,3)9(11)7-5-4-6-8(9)10/h8,10-11H,4-7H2,1-3H3/t8-,9-/m0/s1. The van der Waals surface area contributed by atoms with Gasteiger partial charge in [-0.3, -0.25) is 0 Å². The van der Waals surface area contributed by atoms with Gasteiger partial charge in [-0.05, 0) is 12.8 Å². The van der Waals surface area contributed by atoms with Gasteiger partial charge in [0, 0.05) is 0 Å². The zero-order chi connectivity index (χ0) is 9.41. The van der Waals surface area contributed by atoms with Gasteiger partial charge in [0.25, 0.3) is 0 Å². The molecule has 3 heteroatoms. The number of hydrogen-bond donors (Lipinski definition) is 2. The van der Waals surface area contributed by atoms with Gasteiger partial charge >= 0.3 is 0 Å². The highest BCUT2D eigenvalue weighted by Crippen LogP contribution is 2.35. The van der Waals surface area contributed by atoms with Crippen LogP contribution < -0.4 is 0 Å². The predicted octanol–water partition coefficient (Wildman–Crippen LogP) is 1.53. The molecule has 0 aromatic carbocycles. The molecule has 0 aromatic rings. The van der Waals surface area contributed by atoms with Crippen LogP contribution in [0.4, 0.5) is 0 Å². The summed E-state index contributed by atoms with van der Waals surface area (Å²) in [6.07, 6.45) is 3.23. The average molecular weight is 188 g/mol. The first-order valence-electron chi connectivity index (χ1n) is 4.78. The summed E-state index contributed by atoms with van der Waals surface area (Å²) in [6, 6.07) is 0. The van der Waals surface area contributed by atoms with Crippen molar-refractivity contribution in [3.05, 3.63) is 0 Å². The van der Waals surface area contributed by atoms with Crippen molar-refractivity contribution in [3.8, 4) is 0 Å². The second-order valence-corrected chi connectivity index (χ2v) is 10.3. The number of aliphatic hydroxyl groups is 2. The summed E-state index contributed by atoms with van der Waals surface area (Å²) in [5.74, 6) is 0. The van der Waals surface area contributed by atoms with Gasteiger partial charge < -0.3 is 10.2 Å². The Kier molecular flexibility index (Phi) is 2.66. The van der Waals surface area contributed by atoms with E-state index in [0.29, 0.717) is 0 Å². The summed E-state index contributed by atoms with van der Waals surface area (Å²) < 4.78 is 0. The maximum Gasteiger partial charge on any atom is 0.0854 e. The van der Waals surface area contributed by atoms with Gasteiger partial charge in [0.2, 0.25) is 0 Å². The van der Waals surface area contributed by atoms with Crippen LogP contribution in [0.3, 0.4) is 0 Å². The molecule has 1 aliphatic carbocycles. The van der Waals surface area contributed by atoms with E-state index in [0.717, 1.165) is 25.7 Å². The van der Waals surface area contributed by atoms with Crippen LogP contribution in [0, 0.1) is 0 Å². The van der Waals surface area contributed by atoms with Crippen LogP contribution in [0.1, 0.15) is 25.7 Å². The minimum Gasteiger partial charge on any atom is -0.391 e. The maximum absolute atomic E-state index is 10.3. The molecule has 0 spiro atoms. The molecule has 0 aromatic heterocycles. The van der Waals surface area contributed by atoms with Crippen molar-refractivity contribution in [2.24, 2.45) is 0 Å². The van der Waals surface area contributed by atoms with Crippen LogP contribution in [0.2, 0.25) is 19.6 Å². The molecule has 2 nitrogen and oxygen atoms in total. The normalized spacial score (nSPS) is 38.2. The van der Waals surface area contributed by atoms with Crippen LogP contribution in [0.15, 0.2) is 0 Å². The molecule has 0 heterocycles. The third-order valence-corrected chi connectivity index (χ3v) is 6.32. The van der Waals surface area contributed by atoms with Crippen LogP contribution in [0.5, 0.6) is 0 Å². The van der Waals surface area contributed by atoms with Gasteiger partial charge in [-0.25, -0.2) is 0 Å². The smallest absolute Gasteiger partial charge is 0.0854 e. The molecule has 2 N–H and O–H groups in total. The molecule has 1 rings (SSSR count). The summed E-state index contributed by atoms with van der Waals surface area (Å²) in [5.41, 5.74) is 0. The van der Waals surface area contributed by atoms with Gasteiger partial charge in [0.1, 0.15) is 0 Å². The summed E-state index contributed by atoms with van der Waals surface area (Å²) in [5, 5.41) is 19.3. The van der Waals surface area contributed by atoms with Gasteiger partial charge in [-0.15, -0.1) is 0 Å². The van der Waals surface area contributed by atoms with Crippen molar-refractivity contribution in [2.75, 3.05) is 0 Å². The Balaban J connectivity index is 2.79. The molecule has 1 fully saturated rings. The van der Waals surface area contributed by atoms with E-state index in [2.05, 4.69) is 19.6 Å². The molecule has 1 aliphatic rings. The SMILES string of the molecule is C[Si](C)(C)[C@@]1(O)CCCC[C@@H]1O. The van der Waals surface area contributed by atoms with Crippen molar-refractivity contribution in [1.29, 1.82) is 0 Å². The summed E-state index contributed by atoms with van der Waals surface area (Å²) >= 11 is 0. The number of hydrogen-bond acceptors (Lipinski definition) is 2. The zero-order valence-electron chi connectivity index (χ0n) is 8.30. The summed E-state index contributed by atoms with van der Waals surface area (Å²) in [7, 11) is -1.64. The van der Waals surface area contributed by atoms with Crippen LogP contribution >= 0.6 is 0 Å². The molecule has 2 atom stereocenters. The molecule has 0 bridgehead atoms. The number of aliphatic hydroxyl groups excluding tert-OH is 1. The second kappa shape index (κ2) is 3.12. The Bertz CT molecular complexity index is 164. The lowest BCUT2D eigenvalue weighted by Gasteiger charge is -2.45. The van der Waals surface area contributed by atoms with E-state index in [1.807, 2.05) is 0 Å². The van der Waals surface area contributed by atoms with Gasteiger partial charge in [-0.2, -0.15) is 0 Å². The Labute approximate surface area is 75.6 Å². The molecule has 1 saturated carbocycles.